The van der Waals surface area contributed by atoms with E-state index in [1.54, 1.807) is 25.1 Å². The lowest BCUT2D eigenvalue weighted by molar-refractivity contribution is -0.141. The number of aryl methyl sites for hydroxylation is 1. The smallest absolute Gasteiger partial charge is 0.344 e. The van der Waals surface area contributed by atoms with Crippen LogP contribution in [-0.2, 0) is 12.7 Å². The quantitative estimate of drug-likeness (QED) is 0.240. The predicted molar refractivity (Wildman–Crippen MR) is 101 cm³/mol. The zero-order valence-corrected chi connectivity index (χ0v) is 16.4. The van der Waals surface area contributed by atoms with Gasteiger partial charge < -0.3 is 4.57 Å². The Morgan fingerprint density at radius 1 is 1.14 bits per heavy atom. The van der Waals surface area contributed by atoms with Gasteiger partial charge in [0.15, 0.2) is 10.9 Å². The number of alkyl halides is 3. The van der Waals surface area contributed by atoms with E-state index in [-0.39, 0.29) is 22.5 Å². The second kappa shape index (κ2) is 8.36. The first-order valence-electron chi connectivity index (χ1n) is 8.62. The van der Waals surface area contributed by atoms with Gasteiger partial charge in [-0.2, -0.15) is 13.2 Å². The van der Waals surface area contributed by atoms with Crippen molar-refractivity contribution in [2.45, 2.75) is 31.7 Å². The van der Waals surface area contributed by atoms with Gasteiger partial charge in [0.2, 0.25) is 0 Å². The van der Waals surface area contributed by atoms with E-state index in [0.29, 0.717) is 12.1 Å². The fraction of sp³-hybridized carbons (Fsp3) is 0.250. The van der Waals surface area contributed by atoms with E-state index < -0.39 is 11.9 Å². The fourth-order valence-corrected chi connectivity index (χ4v) is 3.59. The maximum absolute atomic E-state index is 13.1. The predicted octanol–water partition coefficient (Wildman–Crippen LogP) is 5.08. The van der Waals surface area contributed by atoms with Crippen LogP contribution in [-0.4, -0.2) is 26.1 Å². The van der Waals surface area contributed by atoms with Gasteiger partial charge in [-0.1, -0.05) is 23.9 Å². The molecule has 152 valence electrons. The van der Waals surface area contributed by atoms with Gasteiger partial charge in [-0.3, -0.25) is 4.79 Å². The molecule has 2 heterocycles. The maximum Gasteiger partial charge on any atom is 0.433 e. The summed E-state index contributed by atoms with van der Waals surface area (Å²) in [4.78, 5) is 19.9. The second-order valence-corrected chi connectivity index (χ2v) is 7.37. The number of carbonyl (C=O) groups excluding carboxylic acids is 1. The van der Waals surface area contributed by atoms with Gasteiger partial charge in [0, 0.05) is 29.7 Å². The first-order chi connectivity index (χ1) is 13.6. The van der Waals surface area contributed by atoms with Gasteiger partial charge in [-0.05, 0) is 43.7 Å². The molecular weight excluding hydrogens is 406 g/mol. The van der Waals surface area contributed by atoms with Gasteiger partial charge >= 0.3 is 6.18 Å². The summed E-state index contributed by atoms with van der Waals surface area (Å²) in [6, 6.07) is 8.64. The molecule has 0 bridgehead atoms. The van der Waals surface area contributed by atoms with Gasteiger partial charge in [0.1, 0.15) is 11.5 Å². The molecular formula is C20H17F4N3OS. The number of carbonyl (C=O) groups is 1. The molecule has 2 aromatic heterocycles. The Kier molecular flexibility index (Phi) is 6.07. The Balaban J connectivity index is 1.72. The molecule has 0 N–H and O–H groups in total. The summed E-state index contributed by atoms with van der Waals surface area (Å²) in [6.45, 7) is 4.14. The Hall–Kier alpha value is -2.68. The molecule has 0 fully saturated rings. The highest BCUT2D eigenvalue weighted by atomic mass is 32.2. The first-order valence-corrected chi connectivity index (χ1v) is 9.61. The lowest BCUT2D eigenvalue weighted by Gasteiger charge is -2.10. The molecule has 1 aromatic carbocycles. The average Bonchev–Trinajstić information content (AvgIpc) is 2.95. The van der Waals surface area contributed by atoms with Crippen molar-refractivity contribution in [2.24, 2.45) is 0 Å². The Morgan fingerprint density at radius 3 is 2.48 bits per heavy atom. The Labute approximate surface area is 169 Å². The third-order valence-electron chi connectivity index (χ3n) is 4.38. The van der Waals surface area contributed by atoms with Crippen LogP contribution in [0.1, 0.15) is 33.0 Å². The Morgan fingerprint density at radius 2 is 1.83 bits per heavy atom. The van der Waals surface area contributed by atoms with E-state index in [1.165, 1.54) is 12.1 Å². The number of thioether (sulfide) groups is 1. The van der Waals surface area contributed by atoms with E-state index in [0.717, 1.165) is 41.0 Å². The van der Waals surface area contributed by atoms with Crippen molar-refractivity contribution in [3.05, 3.63) is 76.6 Å². The minimum atomic E-state index is -4.56. The summed E-state index contributed by atoms with van der Waals surface area (Å²) >= 11 is 0.860. The molecule has 0 saturated carbocycles. The van der Waals surface area contributed by atoms with Crippen molar-refractivity contribution in [3.63, 3.8) is 0 Å². The minimum absolute atomic E-state index is 0.0812. The molecule has 0 aliphatic rings. The van der Waals surface area contributed by atoms with E-state index >= 15 is 0 Å². The number of hydrogen-bond donors (Lipinski definition) is 0. The summed E-state index contributed by atoms with van der Waals surface area (Å²) in [6.07, 6.45) is -3.54. The first kappa shape index (κ1) is 21.0. The molecule has 4 nitrogen and oxygen atoms in total. The number of hydrogen-bond acceptors (Lipinski definition) is 4. The molecule has 0 aliphatic heterocycles. The average molecular weight is 423 g/mol. The highest BCUT2D eigenvalue weighted by Crippen LogP contribution is 2.28. The number of ketones is 1. The molecule has 0 radical (unpaired) electrons. The number of halogens is 4. The molecule has 9 heteroatoms. The van der Waals surface area contributed by atoms with Crippen molar-refractivity contribution in [1.29, 1.82) is 0 Å². The van der Waals surface area contributed by atoms with Crippen LogP contribution in [0.4, 0.5) is 17.6 Å². The van der Waals surface area contributed by atoms with Crippen LogP contribution in [0.25, 0.3) is 0 Å². The van der Waals surface area contributed by atoms with Crippen molar-refractivity contribution >= 4 is 17.5 Å². The molecule has 3 aromatic rings. The zero-order chi connectivity index (χ0) is 21.2. The maximum atomic E-state index is 13.1. The van der Waals surface area contributed by atoms with Crippen LogP contribution >= 0.6 is 11.8 Å². The third kappa shape index (κ3) is 5.03. The molecule has 0 aliphatic carbocycles. The zero-order valence-electron chi connectivity index (χ0n) is 15.6. The van der Waals surface area contributed by atoms with Gasteiger partial charge in [-0.25, -0.2) is 14.4 Å². The van der Waals surface area contributed by atoms with Gasteiger partial charge in [0.25, 0.3) is 0 Å². The van der Waals surface area contributed by atoms with Crippen LogP contribution in [0.15, 0.2) is 47.8 Å². The van der Waals surface area contributed by atoms with Crippen molar-refractivity contribution in [3.8, 4) is 0 Å². The largest absolute Gasteiger partial charge is 0.433 e. The molecule has 0 unspecified atom stereocenters. The third-order valence-corrected chi connectivity index (χ3v) is 5.25. The van der Waals surface area contributed by atoms with Crippen LogP contribution in [0, 0.1) is 19.7 Å². The molecule has 3 rings (SSSR count). The normalized spacial score (nSPS) is 11.7. The number of benzene rings is 1. The summed E-state index contributed by atoms with van der Waals surface area (Å²) in [5.74, 6) is -0.629. The monoisotopic (exact) mass is 423 g/mol. The lowest BCUT2D eigenvalue weighted by Crippen LogP contribution is -2.10. The van der Waals surface area contributed by atoms with Gasteiger partial charge in [0.05, 0.1) is 5.75 Å². The Bertz CT molecular complexity index is 1030. The number of aromatic nitrogens is 3. The number of nitrogens with zero attached hydrogens (tertiary/aromatic N) is 3. The van der Waals surface area contributed by atoms with Crippen molar-refractivity contribution in [2.75, 3.05) is 5.75 Å². The molecule has 0 atom stereocenters. The topological polar surface area (TPSA) is 47.8 Å². The van der Waals surface area contributed by atoms with Crippen LogP contribution in [0.2, 0.25) is 0 Å². The van der Waals surface area contributed by atoms with Crippen LogP contribution in [0.3, 0.4) is 0 Å². The van der Waals surface area contributed by atoms with E-state index in [1.807, 2.05) is 11.5 Å². The number of Topliss-reactive ketones (excluding diaryl/α,β-unsaturated/α-hetero) is 1. The summed E-state index contributed by atoms with van der Waals surface area (Å²) in [7, 11) is 0. The highest BCUT2D eigenvalue weighted by Gasteiger charge is 2.32. The second-order valence-electron chi connectivity index (χ2n) is 6.43. The van der Waals surface area contributed by atoms with Crippen LogP contribution in [0.5, 0.6) is 0 Å². The van der Waals surface area contributed by atoms with Crippen molar-refractivity contribution in [1.82, 2.24) is 14.5 Å². The molecule has 0 amide bonds. The van der Waals surface area contributed by atoms with Crippen molar-refractivity contribution < 1.29 is 22.4 Å². The van der Waals surface area contributed by atoms with E-state index in [9.17, 15) is 22.4 Å². The minimum Gasteiger partial charge on any atom is -0.344 e. The number of rotatable bonds is 6. The summed E-state index contributed by atoms with van der Waals surface area (Å²) in [5, 5.41) is -0.103. The molecule has 0 saturated heterocycles. The van der Waals surface area contributed by atoms with Crippen LogP contribution < -0.4 is 0 Å². The molecule has 29 heavy (non-hydrogen) atoms. The summed E-state index contributed by atoms with van der Waals surface area (Å²) in [5.41, 5.74) is 1.93. The SMILES string of the molecule is Cc1cc(C(=O)CSc2nccc(C(F)(F)F)n2)c(C)n1Cc1ccc(F)cc1. The lowest BCUT2D eigenvalue weighted by atomic mass is 10.2. The highest BCUT2D eigenvalue weighted by molar-refractivity contribution is 7.99. The summed E-state index contributed by atoms with van der Waals surface area (Å²) < 4.78 is 53.2. The van der Waals surface area contributed by atoms with E-state index in [2.05, 4.69) is 9.97 Å². The standard InChI is InChI=1S/C20H17F4N3OS/c1-12-9-16(13(2)27(12)10-14-3-5-15(21)6-4-14)17(28)11-29-19-25-8-7-18(26-19)20(22,23)24/h3-9H,10-11H2,1-2H3. The van der Waals surface area contributed by atoms with E-state index in [4.69, 9.17) is 0 Å². The molecule has 0 spiro atoms. The fourth-order valence-electron chi connectivity index (χ4n) is 2.88. The van der Waals surface area contributed by atoms with Gasteiger partial charge in [-0.15, -0.1) is 0 Å².